The Morgan fingerprint density at radius 2 is 2.11 bits per heavy atom. The van der Waals surface area contributed by atoms with Crippen molar-refractivity contribution in [3.05, 3.63) is 47.7 Å². The Morgan fingerprint density at radius 1 is 1.33 bits per heavy atom. The molecule has 2 aromatic rings. The van der Waals surface area contributed by atoms with Crippen molar-refractivity contribution in [2.24, 2.45) is 0 Å². The Kier molecular flexibility index (Phi) is 3.21. The molecular weight excluding hydrogens is 254 g/mol. The highest BCUT2D eigenvalue weighted by atomic mass is 35.5. The third-order valence-corrected chi connectivity index (χ3v) is 2.74. The largest absolute Gasteiger partial charge is 0.488 e. The first kappa shape index (κ1) is 12.4. The van der Waals surface area contributed by atoms with Crippen LogP contribution in [0.3, 0.4) is 0 Å². The Morgan fingerprint density at radius 3 is 2.89 bits per heavy atom. The summed E-state index contributed by atoms with van der Waals surface area (Å²) in [4.78, 5) is 15.1. The molecule has 0 amide bonds. The zero-order valence-corrected chi connectivity index (χ0v) is 10.1. The standard InChI is InChI=1S/C13H9NO3.ClH/c15-13(16)8-5-9-7-17-11-4-2-1-3-10(11)12(9)14-6-8;/h1-6H,7H2,(H,15,16);1H. The van der Waals surface area contributed by atoms with Crippen molar-refractivity contribution in [3.63, 3.8) is 0 Å². The van der Waals surface area contributed by atoms with Gasteiger partial charge in [-0.15, -0.1) is 12.4 Å². The minimum atomic E-state index is -0.973. The number of para-hydroxylation sites is 1. The van der Waals surface area contributed by atoms with Gasteiger partial charge in [-0.3, -0.25) is 4.98 Å². The molecule has 3 rings (SSSR count). The highest BCUT2D eigenvalue weighted by Gasteiger charge is 2.19. The molecule has 0 atom stereocenters. The van der Waals surface area contributed by atoms with Crippen molar-refractivity contribution in [2.45, 2.75) is 6.61 Å². The van der Waals surface area contributed by atoms with E-state index in [1.807, 2.05) is 24.3 Å². The van der Waals surface area contributed by atoms with E-state index in [1.54, 1.807) is 6.07 Å². The van der Waals surface area contributed by atoms with Gasteiger partial charge >= 0.3 is 5.97 Å². The third kappa shape index (κ3) is 1.91. The Bertz CT molecular complexity index is 613. The van der Waals surface area contributed by atoms with Gasteiger partial charge in [0, 0.05) is 17.3 Å². The molecule has 92 valence electrons. The molecule has 2 heterocycles. The van der Waals surface area contributed by atoms with Crippen molar-refractivity contribution in [3.8, 4) is 17.0 Å². The maximum atomic E-state index is 10.9. The van der Waals surface area contributed by atoms with Gasteiger partial charge in [0.25, 0.3) is 0 Å². The van der Waals surface area contributed by atoms with Crippen LogP contribution in [0, 0.1) is 0 Å². The molecule has 0 unspecified atom stereocenters. The molecular formula is C13H10ClNO3. The lowest BCUT2D eigenvalue weighted by Gasteiger charge is -2.19. The minimum absolute atomic E-state index is 0. The van der Waals surface area contributed by atoms with Crippen molar-refractivity contribution < 1.29 is 14.6 Å². The van der Waals surface area contributed by atoms with E-state index in [4.69, 9.17) is 9.84 Å². The van der Waals surface area contributed by atoms with Gasteiger partial charge < -0.3 is 9.84 Å². The molecule has 0 saturated heterocycles. The second-order valence-corrected chi connectivity index (χ2v) is 3.82. The predicted molar refractivity (Wildman–Crippen MR) is 68.2 cm³/mol. The molecule has 0 saturated carbocycles. The molecule has 1 aromatic heterocycles. The molecule has 18 heavy (non-hydrogen) atoms. The van der Waals surface area contributed by atoms with Crippen molar-refractivity contribution in [1.82, 2.24) is 4.98 Å². The van der Waals surface area contributed by atoms with Crippen LogP contribution in [0.1, 0.15) is 15.9 Å². The molecule has 1 aliphatic heterocycles. The molecule has 0 bridgehead atoms. The van der Waals surface area contributed by atoms with E-state index in [2.05, 4.69) is 4.98 Å². The van der Waals surface area contributed by atoms with Gasteiger partial charge in [0.1, 0.15) is 12.4 Å². The summed E-state index contributed by atoms with van der Waals surface area (Å²) in [5.74, 6) is -0.185. The van der Waals surface area contributed by atoms with Crippen LogP contribution >= 0.6 is 12.4 Å². The second kappa shape index (κ2) is 4.66. The van der Waals surface area contributed by atoms with Crippen LogP contribution in [-0.2, 0) is 6.61 Å². The van der Waals surface area contributed by atoms with Gasteiger partial charge in [-0.1, -0.05) is 12.1 Å². The van der Waals surface area contributed by atoms with E-state index in [-0.39, 0.29) is 18.0 Å². The number of halogens is 1. The van der Waals surface area contributed by atoms with Crippen LogP contribution in [0.15, 0.2) is 36.5 Å². The third-order valence-electron chi connectivity index (χ3n) is 2.74. The molecule has 0 radical (unpaired) electrons. The van der Waals surface area contributed by atoms with Crippen LogP contribution in [0.2, 0.25) is 0 Å². The van der Waals surface area contributed by atoms with Gasteiger partial charge in [-0.25, -0.2) is 4.79 Å². The van der Waals surface area contributed by atoms with Crippen LogP contribution in [-0.4, -0.2) is 16.1 Å². The van der Waals surface area contributed by atoms with Gasteiger partial charge in [0.2, 0.25) is 0 Å². The lowest BCUT2D eigenvalue weighted by molar-refractivity contribution is 0.0696. The number of ether oxygens (including phenoxy) is 1. The predicted octanol–water partition coefficient (Wildman–Crippen LogP) is 2.76. The summed E-state index contributed by atoms with van der Waals surface area (Å²) >= 11 is 0. The summed E-state index contributed by atoms with van der Waals surface area (Å²) < 4.78 is 5.55. The number of hydrogen-bond acceptors (Lipinski definition) is 3. The number of rotatable bonds is 1. The number of benzene rings is 1. The maximum absolute atomic E-state index is 10.9. The molecule has 0 spiro atoms. The van der Waals surface area contributed by atoms with Gasteiger partial charge in [-0.05, 0) is 18.2 Å². The SMILES string of the molecule is Cl.O=C(O)c1cnc2c(c1)COc1ccccc1-2. The van der Waals surface area contributed by atoms with Crippen molar-refractivity contribution in [1.29, 1.82) is 0 Å². The molecule has 1 N–H and O–H groups in total. The number of nitrogens with zero attached hydrogens (tertiary/aromatic N) is 1. The Labute approximate surface area is 110 Å². The summed E-state index contributed by atoms with van der Waals surface area (Å²) in [5.41, 5.74) is 2.71. The number of pyridine rings is 1. The number of carboxylic acid groups (broad SMARTS) is 1. The Hall–Kier alpha value is -2.07. The minimum Gasteiger partial charge on any atom is -0.488 e. The Balaban J connectivity index is 0.00000120. The fourth-order valence-corrected chi connectivity index (χ4v) is 1.92. The van der Waals surface area contributed by atoms with E-state index < -0.39 is 5.97 Å². The summed E-state index contributed by atoms with van der Waals surface area (Å²) in [7, 11) is 0. The number of hydrogen-bond donors (Lipinski definition) is 1. The first-order valence-corrected chi connectivity index (χ1v) is 5.20. The van der Waals surface area contributed by atoms with E-state index in [9.17, 15) is 4.79 Å². The summed E-state index contributed by atoms with van der Waals surface area (Å²) in [5, 5.41) is 8.90. The van der Waals surface area contributed by atoms with Crippen molar-refractivity contribution in [2.75, 3.05) is 0 Å². The van der Waals surface area contributed by atoms with Gasteiger partial charge in [-0.2, -0.15) is 0 Å². The van der Waals surface area contributed by atoms with Gasteiger partial charge in [0.15, 0.2) is 0 Å². The average molecular weight is 264 g/mol. The fourth-order valence-electron chi connectivity index (χ4n) is 1.92. The molecule has 5 heteroatoms. The smallest absolute Gasteiger partial charge is 0.337 e. The molecule has 0 fully saturated rings. The van der Waals surface area contributed by atoms with E-state index in [1.165, 1.54) is 6.20 Å². The molecule has 1 aliphatic rings. The van der Waals surface area contributed by atoms with Crippen LogP contribution in [0.25, 0.3) is 11.3 Å². The van der Waals surface area contributed by atoms with E-state index in [0.29, 0.717) is 6.61 Å². The first-order chi connectivity index (χ1) is 8.25. The second-order valence-electron chi connectivity index (χ2n) is 3.82. The number of carbonyl (C=O) groups is 1. The quantitative estimate of drug-likeness (QED) is 0.859. The molecule has 4 nitrogen and oxygen atoms in total. The zero-order chi connectivity index (χ0) is 11.8. The highest BCUT2D eigenvalue weighted by Crippen LogP contribution is 2.35. The van der Waals surface area contributed by atoms with Crippen LogP contribution in [0.4, 0.5) is 0 Å². The van der Waals surface area contributed by atoms with Crippen molar-refractivity contribution >= 4 is 18.4 Å². The molecule has 1 aromatic carbocycles. The number of aromatic carboxylic acids is 1. The zero-order valence-electron chi connectivity index (χ0n) is 9.29. The topological polar surface area (TPSA) is 59.4 Å². The first-order valence-electron chi connectivity index (χ1n) is 5.20. The number of fused-ring (bicyclic) bond motifs is 3. The van der Waals surface area contributed by atoms with E-state index >= 15 is 0 Å². The lowest BCUT2D eigenvalue weighted by Crippen LogP contribution is -2.09. The summed E-state index contributed by atoms with van der Waals surface area (Å²) in [6.07, 6.45) is 1.38. The summed E-state index contributed by atoms with van der Waals surface area (Å²) in [6.45, 7) is 0.362. The van der Waals surface area contributed by atoms with E-state index in [0.717, 1.165) is 22.6 Å². The van der Waals surface area contributed by atoms with Crippen LogP contribution < -0.4 is 4.74 Å². The number of carboxylic acids is 1. The maximum Gasteiger partial charge on any atom is 0.337 e. The average Bonchev–Trinajstić information content (AvgIpc) is 2.38. The monoisotopic (exact) mass is 263 g/mol. The number of aromatic nitrogens is 1. The normalized spacial score (nSPS) is 11.6. The van der Waals surface area contributed by atoms with Gasteiger partial charge in [0.05, 0.1) is 11.3 Å². The lowest BCUT2D eigenvalue weighted by atomic mass is 10.0. The fraction of sp³-hybridized carbons (Fsp3) is 0.0769. The van der Waals surface area contributed by atoms with Crippen LogP contribution in [0.5, 0.6) is 5.75 Å². The summed E-state index contributed by atoms with van der Waals surface area (Å²) in [6, 6.07) is 9.21. The molecule has 0 aliphatic carbocycles. The highest BCUT2D eigenvalue weighted by molar-refractivity contribution is 5.88.